The van der Waals surface area contributed by atoms with E-state index in [1.807, 2.05) is 43.0 Å². The van der Waals surface area contributed by atoms with Gasteiger partial charge in [-0.3, -0.25) is 4.79 Å². The van der Waals surface area contributed by atoms with E-state index in [1.165, 1.54) is 0 Å². The molecule has 1 N–H and O–H groups in total. The van der Waals surface area contributed by atoms with Crippen molar-refractivity contribution in [2.24, 2.45) is 0 Å². The minimum absolute atomic E-state index is 0.264. The molecule has 3 rings (SSSR count). The molecule has 25 heavy (non-hydrogen) atoms. The van der Waals surface area contributed by atoms with Gasteiger partial charge < -0.3 is 14.6 Å². The van der Waals surface area contributed by atoms with Crippen LogP contribution < -0.4 is 10.2 Å². The van der Waals surface area contributed by atoms with Gasteiger partial charge in [0.05, 0.1) is 12.8 Å². The molecule has 0 saturated heterocycles. The van der Waals surface area contributed by atoms with Gasteiger partial charge in [0.25, 0.3) is 5.91 Å². The summed E-state index contributed by atoms with van der Waals surface area (Å²) in [7, 11) is 0. The molecule has 0 unspecified atom stereocenters. The lowest BCUT2D eigenvalue weighted by Gasteiger charge is -2.21. The molecule has 0 radical (unpaired) electrons. The normalized spacial score (nSPS) is 10.5. The highest BCUT2D eigenvalue weighted by Crippen LogP contribution is 2.22. The lowest BCUT2D eigenvalue weighted by atomic mass is 10.2. The summed E-state index contributed by atoms with van der Waals surface area (Å²) < 4.78 is 5.21. The van der Waals surface area contributed by atoms with Crippen LogP contribution in [0, 0.1) is 6.92 Å². The summed E-state index contributed by atoms with van der Waals surface area (Å²) in [6.07, 6.45) is 3.17. The number of aryl methyl sites for hydroxylation is 1. The first-order valence-electron chi connectivity index (χ1n) is 8.15. The number of carbonyl (C=O) groups excluding carboxylic acids is 1. The number of amides is 1. The largest absolute Gasteiger partial charge is 0.467 e. The third kappa shape index (κ3) is 4.03. The standard InChI is InChI=1S/C19H20N4O2/c1-3-23(15-7-4-6-14(2)12-15)19-20-10-9-17(22-19)18(24)21-13-16-8-5-11-25-16/h4-12H,3,13H2,1-2H3,(H,21,24). The average molecular weight is 336 g/mol. The quantitative estimate of drug-likeness (QED) is 0.746. The molecule has 0 fully saturated rings. The molecular formula is C19H20N4O2. The van der Waals surface area contributed by atoms with Crippen LogP contribution in [-0.4, -0.2) is 22.4 Å². The number of anilines is 2. The van der Waals surface area contributed by atoms with E-state index in [1.54, 1.807) is 24.6 Å². The van der Waals surface area contributed by atoms with Gasteiger partial charge in [-0.05, 0) is 49.7 Å². The Morgan fingerprint density at radius 3 is 2.84 bits per heavy atom. The van der Waals surface area contributed by atoms with E-state index in [0.717, 1.165) is 11.3 Å². The van der Waals surface area contributed by atoms with Gasteiger partial charge in [-0.2, -0.15) is 0 Å². The van der Waals surface area contributed by atoms with Crippen LogP contribution in [0.5, 0.6) is 0 Å². The lowest BCUT2D eigenvalue weighted by molar-refractivity contribution is 0.0943. The molecule has 0 atom stereocenters. The first kappa shape index (κ1) is 16.7. The van der Waals surface area contributed by atoms with Gasteiger partial charge in [0.2, 0.25) is 5.95 Å². The van der Waals surface area contributed by atoms with Gasteiger partial charge in [-0.15, -0.1) is 0 Å². The fourth-order valence-corrected chi connectivity index (χ4v) is 2.51. The summed E-state index contributed by atoms with van der Waals surface area (Å²) >= 11 is 0. The van der Waals surface area contributed by atoms with Gasteiger partial charge >= 0.3 is 0 Å². The van der Waals surface area contributed by atoms with Crippen LogP contribution in [0.3, 0.4) is 0 Å². The summed E-state index contributed by atoms with van der Waals surface area (Å²) in [5.74, 6) is 0.927. The molecular weight excluding hydrogens is 316 g/mol. The molecule has 0 bridgehead atoms. The van der Waals surface area contributed by atoms with Crippen molar-refractivity contribution < 1.29 is 9.21 Å². The van der Waals surface area contributed by atoms with Crippen molar-refractivity contribution >= 4 is 17.5 Å². The molecule has 0 aliphatic carbocycles. The Hall–Kier alpha value is -3.15. The maximum absolute atomic E-state index is 12.3. The molecule has 0 aliphatic rings. The fraction of sp³-hybridized carbons (Fsp3) is 0.211. The summed E-state index contributed by atoms with van der Waals surface area (Å²) in [5, 5.41) is 2.79. The van der Waals surface area contributed by atoms with Gasteiger partial charge in [0, 0.05) is 18.4 Å². The number of benzene rings is 1. The van der Waals surface area contributed by atoms with E-state index in [0.29, 0.717) is 30.5 Å². The fourth-order valence-electron chi connectivity index (χ4n) is 2.51. The Balaban J connectivity index is 1.78. The van der Waals surface area contributed by atoms with Crippen molar-refractivity contribution in [3.8, 4) is 0 Å². The van der Waals surface area contributed by atoms with Crippen LogP contribution in [0.25, 0.3) is 0 Å². The summed E-state index contributed by atoms with van der Waals surface area (Å²) in [6, 6.07) is 13.3. The van der Waals surface area contributed by atoms with Crippen LogP contribution in [0.1, 0.15) is 28.7 Å². The lowest BCUT2D eigenvalue weighted by Crippen LogP contribution is -2.25. The molecule has 6 heteroatoms. The molecule has 1 amide bonds. The highest BCUT2D eigenvalue weighted by Gasteiger charge is 2.14. The zero-order chi connectivity index (χ0) is 17.6. The van der Waals surface area contributed by atoms with Gasteiger partial charge in [0.1, 0.15) is 11.5 Å². The molecule has 0 spiro atoms. The number of furan rings is 1. The second-order valence-electron chi connectivity index (χ2n) is 5.59. The Bertz CT molecular complexity index is 846. The number of hydrogen-bond acceptors (Lipinski definition) is 5. The zero-order valence-electron chi connectivity index (χ0n) is 14.3. The molecule has 2 aromatic heterocycles. The molecule has 6 nitrogen and oxygen atoms in total. The minimum Gasteiger partial charge on any atom is -0.467 e. The number of carbonyl (C=O) groups is 1. The SMILES string of the molecule is CCN(c1cccc(C)c1)c1nccc(C(=O)NCc2ccco2)n1. The van der Waals surface area contributed by atoms with Crippen LogP contribution in [-0.2, 0) is 6.54 Å². The maximum atomic E-state index is 12.3. The second-order valence-corrected chi connectivity index (χ2v) is 5.59. The van der Waals surface area contributed by atoms with Gasteiger partial charge in [0.15, 0.2) is 0 Å². The Labute approximate surface area is 146 Å². The topological polar surface area (TPSA) is 71.3 Å². The highest BCUT2D eigenvalue weighted by molar-refractivity contribution is 5.92. The van der Waals surface area contributed by atoms with E-state index < -0.39 is 0 Å². The van der Waals surface area contributed by atoms with E-state index in [4.69, 9.17) is 4.42 Å². The third-order valence-corrected chi connectivity index (χ3v) is 3.75. The number of rotatable bonds is 6. The summed E-state index contributed by atoms with van der Waals surface area (Å²) in [4.78, 5) is 23.0. The Morgan fingerprint density at radius 1 is 1.24 bits per heavy atom. The van der Waals surface area contributed by atoms with Crippen molar-refractivity contribution in [2.45, 2.75) is 20.4 Å². The van der Waals surface area contributed by atoms with E-state index >= 15 is 0 Å². The minimum atomic E-state index is -0.264. The first-order valence-corrected chi connectivity index (χ1v) is 8.15. The van der Waals surface area contributed by atoms with Crippen molar-refractivity contribution in [1.82, 2.24) is 15.3 Å². The molecule has 1 aromatic carbocycles. The number of nitrogens with one attached hydrogen (secondary N) is 1. The molecule has 0 saturated carbocycles. The Morgan fingerprint density at radius 2 is 2.12 bits per heavy atom. The monoisotopic (exact) mass is 336 g/mol. The molecule has 3 aromatic rings. The number of aromatic nitrogens is 2. The van der Waals surface area contributed by atoms with Gasteiger partial charge in [-0.25, -0.2) is 9.97 Å². The predicted octanol–water partition coefficient (Wildman–Crippen LogP) is 3.47. The predicted molar refractivity (Wildman–Crippen MR) is 95.8 cm³/mol. The highest BCUT2D eigenvalue weighted by atomic mass is 16.3. The van der Waals surface area contributed by atoms with Crippen LogP contribution in [0.15, 0.2) is 59.3 Å². The van der Waals surface area contributed by atoms with Gasteiger partial charge in [-0.1, -0.05) is 12.1 Å². The Kier molecular flexibility index (Phi) is 5.09. The second kappa shape index (κ2) is 7.61. The van der Waals surface area contributed by atoms with Crippen molar-refractivity contribution in [1.29, 1.82) is 0 Å². The van der Waals surface area contributed by atoms with Crippen molar-refractivity contribution in [2.75, 3.05) is 11.4 Å². The average Bonchev–Trinajstić information content (AvgIpc) is 3.14. The smallest absolute Gasteiger partial charge is 0.270 e. The first-order chi connectivity index (χ1) is 12.2. The van der Waals surface area contributed by atoms with E-state index in [-0.39, 0.29) is 5.91 Å². The van der Waals surface area contributed by atoms with Crippen LogP contribution >= 0.6 is 0 Å². The zero-order valence-corrected chi connectivity index (χ0v) is 14.3. The maximum Gasteiger partial charge on any atom is 0.270 e. The summed E-state index contributed by atoms with van der Waals surface area (Å²) in [5.41, 5.74) is 2.47. The summed E-state index contributed by atoms with van der Waals surface area (Å²) in [6.45, 7) is 5.08. The van der Waals surface area contributed by atoms with Crippen molar-refractivity contribution in [3.63, 3.8) is 0 Å². The van der Waals surface area contributed by atoms with Crippen LogP contribution in [0.2, 0.25) is 0 Å². The molecule has 0 aliphatic heterocycles. The molecule has 128 valence electrons. The number of nitrogens with zero attached hydrogens (tertiary/aromatic N) is 3. The number of hydrogen-bond donors (Lipinski definition) is 1. The van der Waals surface area contributed by atoms with Crippen LogP contribution in [0.4, 0.5) is 11.6 Å². The van der Waals surface area contributed by atoms with E-state index in [9.17, 15) is 4.79 Å². The van der Waals surface area contributed by atoms with Crippen molar-refractivity contribution in [3.05, 3.63) is 71.9 Å². The van der Waals surface area contributed by atoms with E-state index in [2.05, 4.69) is 21.4 Å². The third-order valence-electron chi connectivity index (χ3n) is 3.75. The molecule has 2 heterocycles.